The van der Waals surface area contributed by atoms with Gasteiger partial charge in [-0.2, -0.15) is 0 Å². The summed E-state index contributed by atoms with van der Waals surface area (Å²) < 4.78 is 5.37. The first-order chi connectivity index (χ1) is 8.76. The van der Waals surface area contributed by atoms with E-state index >= 15 is 0 Å². The highest BCUT2D eigenvalue weighted by molar-refractivity contribution is 5.77. The molecule has 0 aliphatic heterocycles. The Hall–Kier alpha value is -1.55. The van der Waals surface area contributed by atoms with Crippen molar-refractivity contribution in [2.75, 3.05) is 19.7 Å². The highest BCUT2D eigenvalue weighted by atomic mass is 16.5. The van der Waals surface area contributed by atoms with Gasteiger partial charge in [0.2, 0.25) is 0 Å². The van der Waals surface area contributed by atoms with E-state index < -0.39 is 0 Å². The summed E-state index contributed by atoms with van der Waals surface area (Å²) in [4.78, 5) is 11.2. The van der Waals surface area contributed by atoms with Crippen molar-refractivity contribution in [2.45, 2.75) is 26.8 Å². The molecule has 0 heterocycles. The zero-order valence-corrected chi connectivity index (χ0v) is 11.2. The summed E-state index contributed by atoms with van der Waals surface area (Å²) in [6.07, 6.45) is 1.13. The zero-order valence-electron chi connectivity index (χ0n) is 11.2. The van der Waals surface area contributed by atoms with Crippen molar-refractivity contribution in [3.05, 3.63) is 29.8 Å². The number of carbonyl (C=O) groups is 1. The lowest BCUT2D eigenvalue weighted by atomic mass is 10.2. The second-order valence-electron chi connectivity index (χ2n) is 4.06. The predicted molar refractivity (Wildman–Crippen MR) is 72.6 cm³/mol. The van der Waals surface area contributed by atoms with E-state index in [-0.39, 0.29) is 12.5 Å². The van der Waals surface area contributed by atoms with E-state index in [1.165, 1.54) is 5.56 Å². The zero-order chi connectivity index (χ0) is 13.2. The molecule has 4 heteroatoms. The lowest BCUT2D eigenvalue weighted by Gasteiger charge is -2.07. The maximum atomic E-state index is 11.2. The van der Waals surface area contributed by atoms with Gasteiger partial charge in [0.05, 0.1) is 0 Å². The summed E-state index contributed by atoms with van der Waals surface area (Å²) >= 11 is 0. The number of benzene rings is 1. The maximum Gasteiger partial charge on any atom is 0.257 e. The summed E-state index contributed by atoms with van der Waals surface area (Å²) in [7, 11) is 0. The number of ether oxygens (including phenoxy) is 1. The molecular weight excluding hydrogens is 228 g/mol. The van der Waals surface area contributed by atoms with Crippen LogP contribution in [0.3, 0.4) is 0 Å². The van der Waals surface area contributed by atoms with E-state index in [1.54, 1.807) is 0 Å². The number of hydrogen-bond donors (Lipinski definition) is 2. The summed E-state index contributed by atoms with van der Waals surface area (Å²) in [5, 5.41) is 6.02. The highest BCUT2D eigenvalue weighted by Crippen LogP contribution is 2.11. The van der Waals surface area contributed by atoms with Gasteiger partial charge in [-0.25, -0.2) is 0 Å². The van der Waals surface area contributed by atoms with Crippen LogP contribution in [0.25, 0.3) is 0 Å². The molecule has 0 atom stereocenters. The van der Waals surface area contributed by atoms with E-state index in [1.807, 2.05) is 31.2 Å². The molecule has 0 aliphatic carbocycles. The van der Waals surface area contributed by atoms with Crippen LogP contribution in [0.5, 0.6) is 5.75 Å². The Bertz CT molecular complexity index is 349. The fraction of sp³-hybridized carbons (Fsp3) is 0.500. The smallest absolute Gasteiger partial charge is 0.257 e. The topological polar surface area (TPSA) is 50.4 Å². The fourth-order valence-electron chi connectivity index (χ4n) is 1.51. The average Bonchev–Trinajstić information content (AvgIpc) is 2.38. The van der Waals surface area contributed by atoms with Gasteiger partial charge in [0, 0.05) is 13.1 Å². The van der Waals surface area contributed by atoms with E-state index in [0.29, 0.717) is 6.54 Å². The van der Waals surface area contributed by atoms with Gasteiger partial charge >= 0.3 is 0 Å². The molecule has 1 aromatic rings. The number of nitrogens with one attached hydrogen (secondary N) is 2. The first kappa shape index (κ1) is 14.5. The second-order valence-corrected chi connectivity index (χ2v) is 4.06. The minimum atomic E-state index is -0.0915. The third-order valence-corrected chi connectivity index (χ3v) is 2.42. The quantitative estimate of drug-likeness (QED) is 0.690. The SMILES string of the molecule is CCCNCc1ccc(OCC(=O)NCC)cc1. The van der Waals surface area contributed by atoms with Crippen molar-refractivity contribution in [1.29, 1.82) is 0 Å². The molecule has 0 aromatic heterocycles. The molecule has 0 radical (unpaired) electrons. The second kappa shape index (κ2) is 8.53. The van der Waals surface area contributed by atoms with Crippen molar-refractivity contribution in [1.82, 2.24) is 10.6 Å². The average molecular weight is 250 g/mol. The van der Waals surface area contributed by atoms with Gasteiger partial charge in [-0.15, -0.1) is 0 Å². The van der Waals surface area contributed by atoms with Gasteiger partial charge in [-0.3, -0.25) is 4.79 Å². The predicted octanol–water partition coefficient (Wildman–Crippen LogP) is 1.70. The van der Waals surface area contributed by atoms with Gasteiger partial charge in [-0.1, -0.05) is 19.1 Å². The molecule has 0 saturated heterocycles. The van der Waals surface area contributed by atoms with Crippen LogP contribution in [0, 0.1) is 0 Å². The molecule has 0 bridgehead atoms. The first-order valence-corrected chi connectivity index (χ1v) is 6.45. The molecule has 1 amide bonds. The van der Waals surface area contributed by atoms with Crippen molar-refractivity contribution in [3.8, 4) is 5.75 Å². The molecule has 1 rings (SSSR count). The summed E-state index contributed by atoms with van der Waals surface area (Å²) in [6.45, 7) is 6.62. The maximum absolute atomic E-state index is 11.2. The summed E-state index contributed by atoms with van der Waals surface area (Å²) in [5.41, 5.74) is 1.22. The minimum absolute atomic E-state index is 0.0707. The van der Waals surface area contributed by atoms with Gasteiger partial charge in [-0.05, 0) is 37.6 Å². The van der Waals surface area contributed by atoms with Crippen LogP contribution in [-0.2, 0) is 11.3 Å². The Morgan fingerprint density at radius 2 is 1.94 bits per heavy atom. The van der Waals surface area contributed by atoms with Crippen LogP contribution in [0.2, 0.25) is 0 Å². The number of rotatable bonds is 8. The van der Waals surface area contributed by atoms with Gasteiger partial charge in [0.15, 0.2) is 6.61 Å². The molecule has 0 fully saturated rings. The molecule has 0 unspecified atom stereocenters. The number of likely N-dealkylation sites (N-methyl/N-ethyl adjacent to an activating group) is 1. The number of amides is 1. The lowest BCUT2D eigenvalue weighted by molar-refractivity contribution is -0.122. The Morgan fingerprint density at radius 1 is 1.22 bits per heavy atom. The fourth-order valence-corrected chi connectivity index (χ4v) is 1.51. The van der Waals surface area contributed by atoms with Gasteiger partial charge in [0.1, 0.15) is 5.75 Å². The number of hydrogen-bond acceptors (Lipinski definition) is 3. The van der Waals surface area contributed by atoms with Crippen LogP contribution < -0.4 is 15.4 Å². The largest absolute Gasteiger partial charge is 0.484 e. The molecule has 0 spiro atoms. The Balaban J connectivity index is 2.33. The lowest BCUT2D eigenvalue weighted by Crippen LogP contribution is -2.28. The normalized spacial score (nSPS) is 10.1. The number of carbonyl (C=O) groups excluding carboxylic acids is 1. The van der Waals surface area contributed by atoms with E-state index in [2.05, 4.69) is 17.6 Å². The minimum Gasteiger partial charge on any atom is -0.484 e. The van der Waals surface area contributed by atoms with Gasteiger partial charge < -0.3 is 15.4 Å². The van der Waals surface area contributed by atoms with E-state index in [0.717, 1.165) is 25.3 Å². The summed E-state index contributed by atoms with van der Waals surface area (Å²) in [6, 6.07) is 7.80. The van der Waals surface area contributed by atoms with Gasteiger partial charge in [0.25, 0.3) is 5.91 Å². The standard InChI is InChI=1S/C14H22N2O2/c1-3-9-15-10-12-5-7-13(8-6-12)18-11-14(17)16-4-2/h5-8,15H,3-4,9-11H2,1-2H3,(H,16,17). The Labute approximate surface area is 109 Å². The monoisotopic (exact) mass is 250 g/mol. The molecule has 4 nitrogen and oxygen atoms in total. The van der Waals surface area contributed by atoms with Crippen molar-refractivity contribution < 1.29 is 9.53 Å². The molecular formula is C14H22N2O2. The van der Waals surface area contributed by atoms with Crippen molar-refractivity contribution in [3.63, 3.8) is 0 Å². The molecule has 100 valence electrons. The Kier molecular flexibility index (Phi) is 6.87. The van der Waals surface area contributed by atoms with Crippen molar-refractivity contribution in [2.24, 2.45) is 0 Å². The molecule has 2 N–H and O–H groups in total. The van der Waals surface area contributed by atoms with E-state index in [9.17, 15) is 4.79 Å². The van der Waals surface area contributed by atoms with Crippen molar-refractivity contribution >= 4 is 5.91 Å². The third kappa shape index (κ3) is 5.68. The van der Waals surface area contributed by atoms with Crippen LogP contribution >= 0.6 is 0 Å². The molecule has 18 heavy (non-hydrogen) atoms. The summed E-state index contributed by atoms with van der Waals surface area (Å²) in [5.74, 6) is 0.631. The van der Waals surface area contributed by atoms with Crippen LogP contribution in [0.1, 0.15) is 25.8 Å². The third-order valence-electron chi connectivity index (χ3n) is 2.42. The van der Waals surface area contributed by atoms with E-state index in [4.69, 9.17) is 4.74 Å². The molecule has 1 aromatic carbocycles. The van der Waals surface area contributed by atoms with Crippen LogP contribution in [-0.4, -0.2) is 25.6 Å². The molecule has 0 aliphatic rings. The Morgan fingerprint density at radius 3 is 2.56 bits per heavy atom. The van der Waals surface area contributed by atoms with Crippen LogP contribution in [0.4, 0.5) is 0 Å². The highest BCUT2D eigenvalue weighted by Gasteiger charge is 2.00. The van der Waals surface area contributed by atoms with Crippen LogP contribution in [0.15, 0.2) is 24.3 Å². The first-order valence-electron chi connectivity index (χ1n) is 6.45. The molecule has 0 saturated carbocycles.